The molecule has 104 valence electrons. The number of hydrogen-bond acceptors (Lipinski definition) is 3. The highest BCUT2D eigenvalue weighted by Gasteiger charge is 2.26. The summed E-state index contributed by atoms with van der Waals surface area (Å²) in [5.41, 5.74) is 0. The Hall–Kier alpha value is -1.55. The first-order chi connectivity index (χ1) is 9.16. The van der Waals surface area contributed by atoms with E-state index in [1.54, 1.807) is 4.90 Å². The Morgan fingerprint density at radius 2 is 2.16 bits per heavy atom. The van der Waals surface area contributed by atoms with Gasteiger partial charge in [0.25, 0.3) is 0 Å². The molecule has 2 atom stereocenters. The van der Waals surface area contributed by atoms with E-state index in [2.05, 4.69) is 0 Å². The summed E-state index contributed by atoms with van der Waals surface area (Å²) in [7, 11) is 0. The summed E-state index contributed by atoms with van der Waals surface area (Å²) in [5.74, 6) is 1.12. The van der Waals surface area contributed by atoms with Crippen LogP contribution in [0.5, 0.6) is 5.75 Å². The molecule has 1 N–H and O–H groups in total. The smallest absolute Gasteiger partial charge is 0.226 e. The third kappa shape index (κ3) is 3.96. The second-order valence-corrected chi connectivity index (χ2v) is 5.08. The molecular formula is C15H21NO3. The highest BCUT2D eigenvalue weighted by molar-refractivity contribution is 5.76. The van der Waals surface area contributed by atoms with E-state index in [-0.39, 0.29) is 11.8 Å². The molecule has 19 heavy (non-hydrogen) atoms. The maximum Gasteiger partial charge on any atom is 0.226 e. The molecule has 1 amide bonds. The number of piperidine rings is 1. The Morgan fingerprint density at radius 3 is 2.84 bits per heavy atom. The van der Waals surface area contributed by atoms with Crippen molar-refractivity contribution in [1.82, 2.24) is 4.90 Å². The highest BCUT2D eigenvalue weighted by Crippen LogP contribution is 2.17. The molecule has 1 aromatic carbocycles. The zero-order valence-electron chi connectivity index (χ0n) is 11.3. The van der Waals surface area contributed by atoms with E-state index in [4.69, 9.17) is 4.74 Å². The number of β-amino-alcohol motifs (C(OH)–C–C–N with tert-alkyl or cyclic N) is 1. The van der Waals surface area contributed by atoms with E-state index in [1.807, 2.05) is 37.3 Å². The van der Waals surface area contributed by atoms with Crippen LogP contribution in [0.2, 0.25) is 0 Å². The van der Waals surface area contributed by atoms with Gasteiger partial charge in [0.15, 0.2) is 0 Å². The number of carbonyl (C=O) groups is 1. The molecule has 4 heteroatoms. The minimum Gasteiger partial charge on any atom is -0.493 e. The second-order valence-electron chi connectivity index (χ2n) is 5.08. The van der Waals surface area contributed by atoms with Crippen LogP contribution in [0.3, 0.4) is 0 Å². The molecule has 0 radical (unpaired) electrons. The van der Waals surface area contributed by atoms with Crippen molar-refractivity contribution < 1.29 is 14.6 Å². The summed E-state index contributed by atoms with van der Waals surface area (Å²) in [6, 6.07) is 9.47. The lowest BCUT2D eigenvalue weighted by Gasteiger charge is -2.34. The summed E-state index contributed by atoms with van der Waals surface area (Å²) < 4.78 is 5.51. The summed E-state index contributed by atoms with van der Waals surface area (Å²) in [6.45, 7) is 3.59. The fourth-order valence-corrected chi connectivity index (χ4v) is 2.21. The summed E-state index contributed by atoms with van der Waals surface area (Å²) >= 11 is 0. The van der Waals surface area contributed by atoms with Gasteiger partial charge in [-0.25, -0.2) is 0 Å². The lowest BCUT2D eigenvalue weighted by molar-refractivity contribution is -0.135. The summed E-state index contributed by atoms with van der Waals surface area (Å²) in [6.07, 6.45) is 0.829. The second kappa shape index (κ2) is 6.57. The molecule has 0 spiro atoms. The average molecular weight is 263 g/mol. The van der Waals surface area contributed by atoms with Crippen molar-refractivity contribution >= 4 is 5.91 Å². The van der Waals surface area contributed by atoms with Crippen molar-refractivity contribution in [2.75, 3.05) is 19.7 Å². The third-order valence-electron chi connectivity index (χ3n) is 3.60. The van der Waals surface area contributed by atoms with Crippen molar-refractivity contribution in [3.8, 4) is 5.75 Å². The van der Waals surface area contributed by atoms with E-state index in [1.165, 1.54) is 0 Å². The molecule has 0 bridgehead atoms. The van der Waals surface area contributed by atoms with Gasteiger partial charge in [-0.2, -0.15) is 0 Å². The van der Waals surface area contributed by atoms with Crippen molar-refractivity contribution in [1.29, 1.82) is 0 Å². The molecule has 1 aliphatic heterocycles. The first-order valence-corrected chi connectivity index (χ1v) is 6.80. The van der Waals surface area contributed by atoms with Crippen molar-refractivity contribution in [3.63, 3.8) is 0 Å². The van der Waals surface area contributed by atoms with E-state index in [0.29, 0.717) is 19.6 Å². The van der Waals surface area contributed by atoms with Gasteiger partial charge in [0.05, 0.1) is 19.1 Å². The normalized spacial score (nSPS) is 23.2. The van der Waals surface area contributed by atoms with Crippen LogP contribution in [0.1, 0.15) is 19.8 Å². The quantitative estimate of drug-likeness (QED) is 0.899. The van der Waals surface area contributed by atoms with Crippen LogP contribution in [-0.4, -0.2) is 41.7 Å². The first-order valence-electron chi connectivity index (χ1n) is 6.80. The molecule has 2 unspecified atom stereocenters. The Balaban J connectivity index is 1.73. The van der Waals surface area contributed by atoms with Gasteiger partial charge < -0.3 is 14.7 Å². The van der Waals surface area contributed by atoms with Gasteiger partial charge >= 0.3 is 0 Å². The predicted octanol–water partition coefficient (Wildman–Crippen LogP) is 1.68. The van der Waals surface area contributed by atoms with Gasteiger partial charge in [0.1, 0.15) is 5.75 Å². The molecule has 2 rings (SSSR count). The zero-order valence-corrected chi connectivity index (χ0v) is 11.3. The van der Waals surface area contributed by atoms with Crippen LogP contribution in [-0.2, 0) is 4.79 Å². The van der Waals surface area contributed by atoms with Crippen LogP contribution in [0.4, 0.5) is 0 Å². The van der Waals surface area contributed by atoms with Gasteiger partial charge in [0, 0.05) is 13.1 Å². The number of para-hydroxylation sites is 1. The number of rotatable bonds is 4. The fourth-order valence-electron chi connectivity index (χ4n) is 2.21. The molecule has 0 aromatic heterocycles. The molecular weight excluding hydrogens is 242 g/mol. The lowest BCUT2D eigenvalue weighted by atomic mass is 9.96. The van der Waals surface area contributed by atoms with Crippen LogP contribution >= 0.6 is 0 Å². The average Bonchev–Trinajstić information content (AvgIpc) is 2.43. The standard InChI is InChI=1S/C15H21NO3/c1-12-7-9-16(11-14(12)17)15(18)8-10-19-13-5-3-2-4-6-13/h2-6,12,14,17H,7-11H2,1H3. The van der Waals surface area contributed by atoms with Crippen LogP contribution < -0.4 is 4.74 Å². The number of hydrogen-bond donors (Lipinski definition) is 1. The van der Waals surface area contributed by atoms with Gasteiger partial charge in [-0.05, 0) is 24.5 Å². The number of aliphatic hydroxyl groups is 1. The van der Waals surface area contributed by atoms with Gasteiger partial charge in [0.2, 0.25) is 5.91 Å². The Kier molecular flexibility index (Phi) is 4.80. The fraction of sp³-hybridized carbons (Fsp3) is 0.533. The maximum atomic E-state index is 12.0. The maximum absolute atomic E-state index is 12.0. The van der Waals surface area contributed by atoms with Gasteiger partial charge in [-0.3, -0.25) is 4.79 Å². The third-order valence-corrected chi connectivity index (χ3v) is 3.60. The zero-order chi connectivity index (χ0) is 13.7. The highest BCUT2D eigenvalue weighted by atomic mass is 16.5. The molecule has 0 aliphatic carbocycles. The topological polar surface area (TPSA) is 49.8 Å². The molecule has 1 aromatic rings. The molecule has 1 fully saturated rings. The number of aliphatic hydroxyl groups excluding tert-OH is 1. The van der Waals surface area contributed by atoms with Crippen molar-refractivity contribution in [3.05, 3.63) is 30.3 Å². The summed E-state index contributed by atoms with van der Waals surface area (Å²) in [4.78, 5) is 13.7. The largest absolute Gasteiger partial charge is 0.493 e. The van der Waals surface area contributed by atoms with Crippen molar-refractivity contribution in [2.24, 2.45) is 5.92 Å². The Labute approximate surface area is 114 Å². The molecule has 4 nitrogen and oxygen atoms in total. The number of nitrogens with zero attached hydrogens (tertiary/aromatic N) is 1. The van der Waals surface area contributed by atoms with Crippen LogP contribution in [0, 0.1) is 5.92 Å². The minimum absolute atomic E-state index is 0.0573. The molecule has 1 saturated heterocycles. The molecule has 0 saturated carbocycles. The van der Waals surface area contributed by atoms with E-state index >= 15 is 0 Å². The first kappa shape index (κ1) is 13.9. The van der Waals surface area contributed by atoms with E-state index < -0.39 is 6.10 Å². The lowest BCUT2D eigenvalue weighted by Crippen LogP contribution is -2.46. The Bertz CT molecular complexity index is 407. The van der Waals surface area contributed by atoms with Gasteiger partial charge in [-0.15, -0.1) is 0 Å². The molecule has 1 aliphatic rings. The Morgan fingerprint density at radius 1 is 1.42 bits per heavy atom. The van der Waals surface area contributed by atoms with E-state index in [0.717, 1.165) is 18.7 Å². The number of benzene rings is 1. The predicted molar refractivity (Wildman–Crippen MR) is 72.9 cm³/mol. The van der Waals surface area contributed by atoms with Crippen LogP contribution in [0.25, 0.3) is 0 Å². The monoisotopic (exact) mass is 263 g/mol. The number of likely N-dealkylation sites (tertiary alicyclic amines) is 1. The number of amides is 1. The van der Waals surface area contributed by atoms with Crippen LogP contribution in [0.15, 0.2) is 30.3 Å². The van der Waals surface area contributed by atoms with E-state index in [9.17, 15) is 9.90 Å². The number of carbonyl (C=O) groups excluding carboxylic acids is 1. The molecule has 1 heterocycles. The number of ether oxygens (including phenoxy) is 1. The van der Waals surface area contributed by atoms with Gasteiger partial charge in [-0.1, -0.05) is 25.1 Å². The minimum atomic E-state index is -0.396. The van der Waals surface area contributed by atoms with Crippen molar-refractivity contribution in [2.45, 2.75) is 25.9 Å². The SMILES string of the molecule is CC1CCN(C(=O)CCOc2ccccc2)CC1O. The summed E-state index contributed by atoms with van der Waals surface area (Å²) in [5, 5.41) is 9.78.